The van der Waals surface area contributed by atoms with Gasteiger partial charge in [-0.3, -0.25) is 14.5 Å². The summed E-state index contributed by atoms with van der Waals surface area (Å²) in [4.78, 5) is 28.6. The smallest absolute Gasteiger partial charge is 0.247 e. The summed E-state index contributed by atoms with van der Waals surface area (Å²) in [5, 5.41) is 2.94. The predicted molar refractivity (Wildman–Crippen MR) is 134 cm³/mol. The lowest BCUT2D eigenvalue weighted by atomic mass is 9.93. The molecule has 0 aliphatic carbocycles. The lowest BCUT2D eigenvalue weighted by Gasteiger charge is -2.46. The quantitative estimate of drug-likeness (QED) is 0.650. The average molecular weight is 486 g/mol. The highest BCUT2D eigenvalue weighted by Crippen LogP contribution is 2.33. The Labute approximate surface area is 203 Å². The number of nitrogens with zero attached hydrogens (tertiary/aromatic N) is 2. The minimum atomic E-state index is -3.97. The second-order valence-corrected chi connectivity index (χ2v) is 11.8. The number of sulfonamides is 1. The monoisotopic (exact) mass is 485 g/mol. The number of hydrogen-bond acceptors (Lipinski definition) is 4. The van der Waals surface area contributed by atoms with Gasteiger partial charge in [0, 0.05) is 18.8 Å². The molecule has 1 atom stereocenters. The largest absolute Gasteiger partial charge is 0.354 e. The van der Waals surface area contributed by atoms with Crippen molar-refractivity contribution in [2.75, 3.05) is 24.5 Å². The maximum Gasteiger partial charge on any atom is 0.247 e. The highest BCUT2D eigenvalue weighted by molar-refractivity contribution is 7.89. The van der Waals surface area contributed by atoms with Crippen LogP contribution in [0.4, 0.5) is 5.69 Å². The van der Waals surface area contributed by atoms with Crippen molar-refractivity contribution in [1.82, 2.24) is 9.62 Å². The molecule has 3 rings (SSSR count). The van der Waals surface area contributed by atoms with E-state index in [1.807, 2.05) is 39.0 Å². The molecule has 2 amide bonds. The van der Waals surface area contributed by atoms with Gasteiger partial charge in [-0.15, -0.1) is 0 Å². The van der Waals surface area contributed by atoms with Gasteiger partial charge in [-0.2, -0.15) is 4.31 Å². The van der Waals surface area contributed by atoms with Gasteiger partial charge < -0.3 is 5.32 Å². The van der Waals surface area contributed by atoms with Crippen molar-refractivity contribution in [2.45, 2.75) is 58.4 Å². The van der Waals surface area contributed by atoms with E-state index in [0.717, 1.165) is 27.4 Å². The summed E-state index contributed by atoms with van der Waals surface area (Å²) >= 11 is 0. The number of hydrogen-bond donors (Lipinski definition) is 1. The van der Waals surface area contributed by atoms with Gasteiger partial charge in [0.2, 0.25) is 21.8 Å². The molecule has 2 aromatic carbocycles. The van der Waals surface area contributed by atoms with Crippen LogP contribution in [0.2, 0.25) is 0 Å². The van der Waals surface area contributed by atoms with E-state index in [0.29, 0.717) is 18.2 Å². The van der Waals surface area contributed by atoms with Gasteiger partial charge in [-0.25, -0.2) is 8.42 Å². The van der Waals surface area contributed by atoms with Gasteiger partial charge in [0.25, 0.3) is 0 Å². The zero-order chi connectivity index (χ0) is 25.3. The van der Waals surface area contributed by atoms with Crippen molar-refractivity contribution in [1.29, 1.82) is 0 Å². The predicted octanol–water partition coefficient (Wildman–Crippen LogP) is 3.57. The van der Waals surface area contributed by atoms with E-state index in [9.17, 15) is 18.0 Å². The molecule has 0 saturated carbocycles. The average Bonchev–Trinajstić information content (AvgIpc) is 2.72. The number of aryl methyl sites for hydroxylation is 3. The first-order chi connectivity index (χ1) is 15.8. The zero-order valence-corrected chi connectivity index (χ0v) is 21.7. The summed E-state index contributed by atoms with van der Waals surface area (Å²) in [7, 11) is -3.97. The van der Waals surface area contributed by atoms with Crippen molar-refractivity contribution in [2.24, 2.45) is 5.92 Å². The Morgan fingerprint density at radius 1 is 1.03 bits per heavy atom. The molecule has 2 aromatic rings. The van der Waals surface area contributed by atoms with E-state index in [1.54, 1.807) is 19.1 Å². The number of rotatable bonds is 7. The number of benzene rings is 2. The van der Waals surface area contributed by atoms with Crippen LogP contribution in [0, 0.1) is 26.7 Å². The molecule has 184 valence electrons. The van der Waals surface area contributed by atoms with Gasteiger partial charge >= 0.3 is 0 Å². The number of piperazine rings is 1. The fourth-order valence-electron chi connectivity index (χ4n) is 4.34. The van der Waals surface area contributed by atoms with Crippen LogP contribution in [0.3, 0.4) is 0 Å². The molecule has 1 fully saturated rings. The van der Waals surface area contributed by atoms with Gasteiger partial charge in [-0.1, -0.05) is 37.6 Å². The van der Waals surface area contributed by atoms with Crippen molar-refractivity contribution >= 4 is 27.5 Å². The molecule has 1 aliphatic rings. The first kappa shape index (κ1) is 25.9. The molecule has 1 heterocycles. The standard InChI is InChI=1S/C26H35N3O4S/c1-18(2)11-12-27-25(31)26(6)17-28(34(32,33)23-9-7-19(3)8-10-23)16-24(30)29(26)22-14-20(4)13-21(5)15-22/h7-10,13-15,18H,11-12,16-17H2,1-6H3,(H,27,31). The molecule has 1 unspecified atom stereocenters. The first-order valence-electron chi connectivity index (χ1n) is 11.6. The fourth-order valence-corrected chi connectivity index (χ4v) is 5.82. The molecular formula is C26H35N3O4S. The number of carbonyl (C=O) groups excluding carboxylic acids is 2. The summed E-state index contributed by atoms with van der Waals surface area (Å²) in [5.41, 5.74) is 2.03. The van der Waals surface area contributed by atoms with E-state index in [-0.39, 0.29) is 23.9 Å². The molecule has 7 nitrogen and oxygen atoms in total. The van der Waals surface area contributed by atoms with Crippen LogP contribution in [-0.2, 0) is 19.6 Å². The number of anilines is 1. The number of nitrogens with one attached hydrogen (secondary N) is 1. The number of amides is 2. The van der Waals surface area contributed by atoms with Crippen LogP contribution in [0.1, 0.15) is 43.9 Å². The second kappa shape index (κ2) is 9.88. The molecule has 0 radical (unpaired) electrons. The highest BCUT2D eigenvalue weighted by atomic mass is 32.2. The van der Waals surface area contributed by atoms with Crippen LogP contribution in [0.5, 0.6) is 0 Å². The Hall–Kier alpha value is -2.71. The SMILES string of the molecule is Cc1ccc(S(=O)(=O)N2CC(=O)N(c3cc(C)cc(C)c3)C(C)(C(=O)NCCC(C)C)C2)cc1. The molecule has 0 spiro atoms. The summed E-state index contributed by atoms with van der Waals surface area (Å²) in [6, 6.07) is 12.2. The summed E-state index contributed by atoms with van der Waals surface area (Å²) in [5.74, 6) is -0.409. The molecule has 0 aromatic heterocycles. The first-order valence-corrected chi connectivity index (χ1v) is 13.0. The van der Waals surface area contributed by atoms with Crippen molar-refractivity contribution in [3.8, 4) is 0 Å². The third-order valence-electron chi connectivity index (χ3n) is 6.16. The third-order valence-corrected chi connectivity index (χ3v) is 7.96. The van der Waals surface area contributed by atoms with Gasteiger partial charge in [-0.05, 0) is 75.4 Å². The Kier molecular flexibility index (Phi) is 7.53. The molecule has 1 saturated heterocycles. The summed E-state index contributed by atoms with van der Waals surface area (Å²) in [6.07, 6.45) is 0.782. The normalized spacial score (nSPS) is 19.5. The van der Waals surface area contributed by atoms with Gasteiger partial charge in [0.1, 0.15) is 5.54 Å². The molecule has 34 heavy (non-hydrogen) atoms. The topological polar surface area (TPSA) is 86.8 Å². The van der Waals surface area contributed by atoms with Crippen LogP contribution >= 0.6 is 0 Å². The fraction of sp³-hybridized carbons (Fsp3) is 0.462. The Balaban J connectivity index is 2.03. The maximum atomic E-state index is 13.5. The molecular weight excluding hydrogens is 450 g/mol. The third kappa shape index (κ3) is 5.33. The second-order valence-electron chi connectivity index (χ2n) is 9.87. The summed E-state index contributed by atoms with van der Waals surface area (Å²) in [6.45, 7) is 11.5. The van der Waals surface area contributed by atoms with E-state index >= 15 is 0 Å². The summed E-state index contributed by atoms with van der Waals surface area (Å²) < 4.78 is 28.0. The maximum absolute atomic E-state index is 13.5. The Bertz CT molecular complexity index is 1150. The molecule has 8 heteroatoms. The molecule has 0 bridgehead atoms. The lowest BCUT2D eigenvalue weighted by molar-refractivity contribution is -0.132. The van der Waals surface area contributed by atoms with E-state index in [2.05, 4.69) is 19.2 Å². The number of carbonyl (C=O) groups is 2. The Morgan fingerprint density at radius 3 is 2.18 bits per heavy atom. The van der Waals surface area contributed by atoms with Crippen molar-refractivity contribution in [3.05, 3.63) is 59.2 Å². The van der Waals surface area contributed by atoms with Crippen molar-refractivity contribution in [3.63, 3.8) is 0 Å². The van der Waals surface area contributed by atoms with Gasteiger partial charge in [0.15, 0.2) is 0 Å². The van der Waals surface area contributed by atoms with Crippen LogP contribution in [-0.4, -0.2) is 49.7 Å². The minimum absolute atomic E-state index is 0.105. The lowest BCUT2D eigenvalue weighted by Crippen LogP contribution is -2.70. The minimum Gasteiger partial charge on any atom is -0.354 e. The van der Waals surface area contributed by atoms with Crippen LogP contribution < -0.4 is 10.2 Å². The van der Waals surface area contributed by atoms with E-state index in [4.69, 9.17) is 0 Å². The van der Waals surface area contributed by atoms with E-state index in [1.165, 1.54) is 17.0 Å². The van der Waals surface area contributed by atoms with Crippen LogP contribution in [0.15, 0.2) is 47.4 Å². The Morgan fingerprint density at radius 2 is 1.62 bits per heavy atom. The van der Waals surface area contributed by atoms with Gasteiger partial charge in [0.05, 0.1) is 11.4 Å². The zero-order valence-electron chi connectivity index (χ0n) is 20.9. The van der Waals surface area contributed by atoms with E-state index < -0.39 is 21.5 Å². The van der Waals surface area contributed by atoms with Crippen molar-refractivity contribution < 1.29 is 18.0 Å². The van der Waals surface area contributed by atoms with Crippen LogP contribution in [0.25, 0.3) is 0 Å². The molecule has 1 aliphatic heterocycles. The highest BCUT2D eigenvalue weighted by Gasteiger charge is 2.51. The molecule has 1 N–H and O–H groups in total.